The number of carbonyl (C=O) groups is 1. The van der Waals surface area contributed by atoms with Crippen molar-refractivity contribution in [2.45, 2.75) is 0 Å². The van der Waals surface area contributed by atoms with Crippen LogP contribution >= 0.6 is 23.2 Å². The number of aromatic nitrogens is 2. The summed E-state index contributed by atoms with van der Waals surface area (Å²) in [6, 6.07) is 11.2. The maximum Gasteiger partial charge on any atom is 0.256 e. The molecule has 0 aliphatic rings. The van der Waals surface area contributed by atoms with Gasteiger partial charge in [-0.25, -0.2) is 0 Å². The van der Waals surface area contributed by atoms with Gasteiger partial charge in [-0.2, -0.15) is 0 Å². The maximum absolute atomic E-state index is 13.0. The fraction of sp³-hybridized carbons (Fsp3) is 0.0526. The molecule has 4 rings (SSSR count). The third-order valence-electron chi connectivity index (χ3n) is 4.18. The van der Waals surface area contributed by atoms with E-state index < -0.39 is 0 Å². The molecule has 0 unspecified atom stereocenters. The van der Waals surface area contributed by atoms with Crippen LogP contribution in [0.2, 0.25) is 10.0 Å². The summed E-state index contributed by atoms with van der Waals surface area (Å²) in [6.45, 7) is 0. The molecule has 130 valence electrons. The average molecular weight is 386 g/mol. The van der Waals surface area contributed by atoms with E-state index in [4.69, 9.17) is 27.9 Å². The van der Waals surface area contributed by atoms with E-state index >= 15 is 0 Å². The number of halogens is 2. The fourth-order valence-electron chi connectivity index (χ4n) is 3.00. The number of nitrogens with one attached hydrogen (secondary N) is 2. The number of hydrogen-bond acceptors (Lipinski definition) is 3. The normalized spacial score (nSPS) is 11.0. The quantitative estimate of drug-likeness (QED) is 0.503. The second-order valence-corrected chi connectivity index (χ2v) is 6.48. The van der Waals surface area contributed by atoms with Crippen molar-refractivity contribution < 1.29 is 9.53 Å². The number of nitrogens with zero attached hydrogens (tertiary/aromatic N) is 1. The molecule has 0 bridgehead atoms. The Kier molecular flexibility index (Phi) is 4.18. The molecule has 0 saturated carbocycles. The number of amides is 1. The van der Waals surface area contributed by atoms with Crippen LogP contribution in [0.1, 0.15) is 10.4 Å². The van der Waals surface area contributed by atoms with Gasteiger partial charge < -0.3 is 15.0 Å². The summed E-state index contributed by atoms with van der Waals surface area (Å²) in [5.74, 6) is 0.338. The summed E-state index contributed by atoms with van der Waals surface area (Å²) in [5, 5.41) is 5.03. The zero-order valence-corrected chi connectivity index (χ0v) is 15.2. The highest BCUT2D eigenvalue weighted by molar-refractivity contribution is 6.40. The van der Waals surface area contributed by atoms with Crippen LogP contribution in [0, 0.1) is 0 Å². The largest absolute Gasteiger partial charge is 0.495 e. The number of fused-ring (bicyclic) bond motifs is 3. The van der Waals surface area contributed by atoms with Crippen LogP contribution in [0.5, 0.6) is 5.75 Å². The summed E-state index contributed by atoms with van der Waals surface area (Å²) < 4.78 is 5.43. The van der Waals surface area contributed by atoms with Gasteiger partial charge in [0, 0.05) is 34.2 Å². The highest BCUT2D eigenvalue weighted by atomic mass is 35.5. The van der Waals surface area contributed by atoms with Gasteiger partial charge in [-0.05, 0) is 18.2 Å². The molecule has 2 N–H and O–H groups in total. The van der Waals surface area contributed by atoms with Gasteiger partial charge in [-0.1, -0.05) is 41.4 Å². The number of para-hydroxylation sites is 1. The highest BCUT2D eigenvalue weighted by Gasteiger charge is 2.19. The molecule has 26 heavy (non-hydrogen) atoms. The lowest BCUT2D eigenvalue weighted by molar-refractivity contribution is 0.102. The molecule has 5 nitrogen and oxygen atoms in total. The number of hydrogen-bond donors (Lipinski definition) is 2. The van der Waals surface area contributed by atoms with Crippen LogP contribution in [-0.2, 0) is 0 Å². The van der Waals surface area contributed by atoms with E-state index in [1.807, 2.05) is 24.3 Å². The molecular formula is C19H13Cl2N3O2. The molecule has 0 saturated heterocycles. The van der Waals surface area contributed by atoms with E-state index in [0.717, 1.165) is 21.8 Å². The summed E-state index contributed by atoms with van der Waals surface area (Å²) in [7, 11) is 1.59. The predicted molar refractivity (Wildman–Crippen MR) is 105 cm³/mol. The van der Waals surface area contributed by atoms with Crippen LogP contribution in [0.25, 0.3) is 21.8 Å². The zero-order valence-electron chi connectivity index (χ0n) is 13.6. The third kappa shape index (κ3) is 2.66. The van der Waals surface area contributed by atoms with E-state index in [9.17, 15) is 4.79 Å². The predicted octanol–water partition coefficient (Wildman–Crippen LogP) is 5.28. The number of ether oxygens (including phenoxy) is 1. The molecule has 0 spiro atoms. The average Bonchev–Trinajstić information content (AvgIpc) is 3.03. The zero-order chi connectivity index (χ0) is 18.3. The summed E-state index contributed by atoms with van der Waals surface area (Å²) in [4.78, 5) is 20.2. The Morgan fingerprint density at radius 3 is 2.58 bits per heavy atom. The molecule has 1 amide bonds. The minimum absolute atomic E-state index is 0.273. The highest BCUT2D eigenvalue weighted by Crippen LogP contribution is 2.35. The fourth-order valence-corrected chi connectivity index (χ4v) is 3.46. The maximum atomic E-state index is 13.0. The number of pyridine rings is 1. The Morgan fingerprint density at radius 2 is 1.85 bits per heavy atom. The SMILES string of the molecule is COc1ccc(C(=O)Nc2c(Cl)cncc2Cl)c2c1[nH]c1ccccc12. The van der Waals surface area contributed by atoms with Crippen molar-refractivity contribution in [1.29, 1.82) is 0 Å². The molecule has 7 heteroatoms. The summed E-state index contributed by atoms with van der Waals surface area (Å²) >= 11 is 12.2. The lowest BCUT2D eigenvalue weighted by atomic mass is 10.0. The minimum atomic E-state index is -0.322. The first-order valence-corrected chi connectivity index (χ1v) is 8.53. The van der Waals surface area contributed by atoms with Gasteiger partial charge >= 0.3 is 0 Å². The van der Waals surface area contributed by atoms with Gasteiger partial charge in [-0.15, -0.1) is 0 Å². The molecule has 2 aromatic heterocycles. The van der Waals surface area contributed by atoms with Crippen LogP contribution in [0.4, 0.5) is 5.69 Å². The Balaban J connectivity index is 1.90. The number of H-pyrrole nitrogens is 1. The monoisotopic (exact) mass is 385 g/mol. The Bertz CT molecular complexity index is 1130. The van der Waals surface area contributed by atoms with Crippen LogP contribution < -0.4 is 10.1 Å². The number of carbonyl (C=O) groups excluding carboxylic acids is 1. The van der Waals surface area contributed by atoms with E-state index in [-0.39, 0.29) is 16.0 Å². The van der Waals surface area contributed by atoms with Crippen molar-refractivity contribution in [3.63, 3.8) is 0 Å². The molecule has 0 atom stereocenters. The number of anilines is 1. The van der Waals surface area contributed by atoms with Crippen molar-refractivity contribution in [2.24, 2.45) is 0 Å². The molecule has 4 aromatic rings. The van der Waals surface area contributed by atoms with Gasteiger partial charge in [-0.3, -0.25) is 9.78 Å². The van der Waals surface area contributed by atoms with Crippen LogP contribution in [0.3, 0.4) is 0 Å². The molecule has 0 radical (unpaired) electrons. The van der Waals surface area contributed by atoms with Crippen molar-refractivity contribution in [2.75, 3.05) is 12.4 Å². The van der Waals surface area contributed by atoms with Gasteiger partial charge in [0.15, 0.2) is 0 Å². The standard InChI is InChI=1S/C19H13Cl2N3O2/c1-26-15-7-6-11(16-10-4-2-3-5-14(10)23-18(15)16)19(25)24-17-12(20)8-22-9-13(17)21/h2-9,23H,1H3,(H,22,24,25). The van der Waals surface area contributed by atoms with Crippen molar-refractivity contribution in [3.8, 4) is 5.75 Å². The first-order valence-electron chi connectivity index (χ1n) is 7.78. The van der Waals surface area contributed by atoms with Gasteiger partial charge in [0.2, 0.25) is 0 Å². The van der Waals surface area contributed by atoms with Crippen molar-refractivity contribution in [1.82, 2.24) is 9.97 Å². The summed E-state index contributed by atoms with van der Waals surface area (Å²) in [5.41, 5.74) is 2.49. The smallest absolute Gasteiger partial charge is 0.256 e. The van der Waals surface area contributed by atoms with E-state index in [1.54, 1.807) is 19.2 Å². The lowest BCUT2D eigenvalue weighted by Crippen LogP contribution is -2.13. The molecule has 2 heterocycles. The third-order valence-corrected chi connectivity index (χ3v) is 4.75. The van der Waals surface area contributed by atoms with Crippen molar-refractivity contribution >= 4 is 56.6 Å². The first-order chi connectivity index (χ1) is 12.6. The van der Waals surface area contributed by atoms with E-state index in [2.05, 4.69) is 15.3 Å². The Morgan fingerprint density at radius 1 is 1.12 bits per heavy atom. The number of rotatable bonds is 3. The minimum Gasteiger partial charge on any atom is -0.495 e. The molecule has 0 aliphatic heterocycles. The Labute approximate surface area is 158 Å². The molecule has 2 aromatic carbocycles. The first kappa shape index (κ1) is 16.7. The van der Waals surface area contributed by atoms with Gasteiger partial charge in [0.1, 0.15) is 5.75 Å². The molecular weight excluding hydrogens is 373 g/mol. The van der Waals surface area contributed by atoms with E-state index in [1.165, 1.54) is 12.4 Å². The van der Waals surface area contributed by atoms with Crippen molar-refractivity contribution in [3.05, 3.63) is 64.4 Å². The number of benzene rings is 2. The second-order valence-electron chi connectivity index (χ2n) is 5.67. The number of methoxy groups -OCH3 is 1. The summed E-state index contributed by atoms with van der Waals surface area (Å²) in [6.07, 6.45) is 2.86. The molecule has 0 aliphatic carbocycles. The lowest BCUT2D eigenvalue weighted by Gasteiger charge is -2.11. The van der Waals surface area contributed by atoms with Gasteiger partial charge in [0.05, 0.1) is 28.4 Å². The van der Waals surface area contributed by atoms with Crippen LogP contribution in [0.15, 0.2) is 48.8 Å². The number of aromatic amines is 1. The van der Waals surface area contributed by atoms with E-state index in [0.29, 0.717) is 17.0 Å². The molecule has 0 fully saturated rings. The second kappa shape index (κ2) is 6.52. The Hall–Kier alpha value is -2.76. The topological polar surface area (TPSA) is 67.0 Å². The van der Waals surface area contributed by atoms with Crippen LogP contribution in [-0.4, -0.2) is 23.0 Å². The van der Waals surface area contributed by atoms with Gasteiger partial charge in [0.25, 0.3) is 5.91 Å².